The fraction of sp³-hybridized carbons (Fsp3) is 0.462. The molecule has 0 saturated carbocycles. The first-order chi connectivity index (χ1) is 8.33. The fourth-order valence-corrected chi connectivity index (χ4v) is 1.66. The molecule has 0 aromatic heterocycles. The molecule has 1 aliphatic heterocycles. The van der Waals surface area contributed by atoms with Gasteiger partial charge in [0.1, 0.15) is 5.75 Å². The van der Waals surface area contributed by atoms with Crippen molar-refractivity contribution in [3.63, 3.8) is 0 Å². The normalized spacial score (nSPS) is 17.5. The van der Waals surface area contributed by atoms with Crippen molar-refractivity contribution in [2.24, 2.45) is 0 Å². The summed E-state index contributed by atoms with van der Waals surface area (Å²) in [4.78, 5) is 0. The summed E-state index contributed by atoms with van der Waals surface area (Å²) in [7, 11) is 0. The summed E-state index contributed by atoms with van der Waals surface area (Å²) in [6.45, 7) is 3.47. The van der Waals surface area contributed by atoms with Gasteiger partial charge in [-0.3, -0.25) is 0 Å². The molecule has 1 aromatic rings. The van der Waals surface area contributed by atoms with E-state index >= 15 is 0 Å². The minimum atomic E-state index is -0.261. The number of unbranched alkanes of at least 4 members (excludes halogenated alkanes) is 1. The lowest BCUT2D eigenvalue weighted by Gasteiger charge is -2.27. The van der Waals surface area contributed by atoms with E-state index in [9.17, 15) is 0 Å². The SMILES string of the molecule is CCCCOC1CNc2ccc(C#N)cc2O1. The lowest BCUT2D eigenvalue weighted by Crippen LogP contribution is -2.33. The maximum absolute atomic E-state index is 8.82. The van der Waals surface area contributed by atoms with Crippen LogP contribution in [-0.2, 0) is 4.74 Å². The smallest absolute Gasteiger partial charge is 0.217 e. The van der Waals surface area contributed by atoms with Gasteiger partial charge >= 0.3 is 0 Å². The van der Waals surface area contributed by atoms with E-state index in [-0.39, 0.29) is 6.29 Å². The number of fused-ring (bicyclic) bond motifs is 1. The number of ether oxygens (including phenoxy) is 2. The molecule has 0 aliphatic carbocycles. The average molecular weight is 232 g/mol. The van der Waals surface area contributed by atoms with Crippen LogP contribution < -0.4 is 10.1 Å². The van der Waals surface area contributed by atoms with Crippen LogP contribution in [0.3, 0.4) is 0 Å². The Bertz CT molecular complexity index is 426. The molecule has 1 aromatic carbocycles. The first-order valence-corrected chi connectivity index (χ1v) is 5.89. The van der Waals surface area contributed by atoms with Gasteiger partial charge in [0, 0.05) is 6.07 Å². The Kier molecular flexibility index (Phi) is 3.84. The van der Waals surface area contributed by atoms with E-state index < -0.39 is 0 Å². The summed E-state index contributed by atoms with van der Waals surface area (Å²) < 4.78 is 11.3. The number of hydrogen-bond acceptors (Lipinski definition) is 4. The van der Waals surface area contributed by atoms with Crippen LogP contribution >= 0.6 is 0 Å². The highest BCUT2D eigenvalue weighted by molar-refractivity contribution is 5.60. The van der Waals surface area contributed by atoms with Crippen LogP contribution in [0.2, 0.25) is 0 Å². The zero-order valence-corrected chi connectivity index (χ0v) is 9.90. The molecule has 0 amide bonds. The Labute approximate surface area is 101 Å². The van der Waals surface area contributed by atoms with Gasteiger partial charge in [-0.05, 0) is 18.6 Å². The predicted molar refractivity (Wildman–Crippen MR) is 64.9 cm³/mol. The van der Waals surface area contributed by atoms with Crippen molar-refractivity contribution in [2.75, 3.05) is 18.5 Å². The molecular weight excluding hydrogens is 216 g/mol. The van der Waals surface area contributed by atoms with Gasteiger partial charge in [-0.1, -0.05) is 13.3 Å². The largest absolute Gasteiger partial charge is 0.461 e. The Hall–Kier alpha value is -1.73. The molecular formula is C13H16N2O2. The molecule has 1 heterocycles. The molecule has 0 fully saturated rings. The second kappa shape index (κ2) is 5.55. The summed E-state index contributed by atoms with van der Waals surface area (Å²) in [5.41, 5.74) is 1.51. The topological polar surface area (TPSA) is 54.3 Å². The summed E-state index contributed by atoms with van der Waals surface area (Å²) in [6, 6.07) is 7.46. The van der Waals surface area contributed by atoms with Gasteiger partial charge in [0.25, 0.3) is 0 Å². The number of nitrogens with zero attached hydrogens (tertiary/aromatic N) is 1. The number of nitrogens with one attached hydrogen (secondary N) is 1. The molecule has 1 aliphatic rings. The van der Waals surface area contributed by atoms with Crippen LogP contribution in [0.1, 0.15) is 25.3 Å². The molecule has 1 atom stereocenters. The molecule has 0 spiro atoms. The minimum absolute atomic E-state index is 0.261. The van der Waals surface area contributed by atoms with Crippen molar-refractivity contribution in [2.45, 2.75) is 26.1 Å². The van der Waals surface area contributed by atoms with E-state index in [1.165, 1.54) is 0 Å². The molecule has 2 rings (SSSR count). The van der Waals surface area contributed by atoms with E-state index in [1.807, 2.05) is 6.07 Å². The Morgan fingerprint density at radius 3 is 3.24 bits per heavy atom. The fourth-order valence-electron chi connectivity index (χ4n) is 1.66. The zero-order valence-electron chi connectivity index (χ0n) is 9.90. The molecule has 0 bridgehead atoms. The van der Waals surface area contributed by atoms with Crippen LogP contribution in [0.5, 0.6) is 5.75 Å². The number of hydrogen-bond donors (Lipinski definition) is 1. The Morgan fingerprint density at radius 2 is 2.47 bits per heavy atom. The number of rotatable bonds is 4. The third-order valence-corrected chi connectivity index (χ3v) is 2.63. The average Bonchev–Trinajstić information content (AvgIpc) is 2.38. The van der Waals surface area contributed by atoms with Gasteiger partial charge in [-0.15, -0.1) is 0 Å². The van der Waals surface area contributed by atoms with Gasteiger partial charge < -0.3 is 14.8 Å². The highest BCUT2D eigenvalue weighted by Crippen LogP contribution is 2.30. The van der Waals surface area contributed by atoms with Gasteiger partial charge in [0.05, 0.1) is 30.5 Å². The van der Waals surface area contributed by atoms with Crippen molar-refractivity contribution in [3.8, 4) is 11.8 Å². The third kappa shape index (κ3) is 2.89. The number of nitriles is 1. The Morgan fingerprint density at radius 1 is 1.59 bits per heavy atom. The molecule has 1 unspecified atom stereocenters. The summed E-state index contributed by atoms with van der Waals surface area (Å²) >= 11 is 0. The maximum Gasteiger partial charge on any atom is 0.217 e. The van der Waals surface area contributed by atoms with Gasteiger partial charge in [-0.25, -0.2) is 0 Å². The maximum atomic E-state index is 8.82. The van der Waals surface area contributed by atoms with Crippen LogP contribution in [0.25, 0.3) is 0 Å². The quantitative estimate of drug-likeness (QED) is 0.810. The molecule has 0 saturated heterocycles. The molecule has 1 N–H and O–H groups in total. The standard InChI is InChI=1S/C13H16N2O2/c1-2-3-6-16-13-9-15-11-5-4-10(8-14)7-12(11)17-13/h4-5,7,13,15H,2-3,6,9H2,1H3. The number of anilines is 1. The van der Waals surface area contributed by atoms with Crippen LogP contribution in [-0.4, -0.2) is 19.4 Å². The minimum Gasteiger partial charge on any atom is -0.461 e. The van der Waals surface area contributed by atoms with E-state index in [0.29, 0.717) is 24.5 Å². The highest BCUT2D eigenvalue weighted by atomic mass is 16.7. The van der Waals surface area contributed by atoms with Gasteiger partial charge in [-0.2, -0.15) is 5.26 Å². The lowest BCUT2D eigenvalue weighted by atomic mass is 10.2. The summed E-state index contributed by atoms with van der Waals surface area (Å²) in [6.07, 6.45) is 1.88. The first-order valence-electron chi connectivity index (χ1n) is 5.89. The lowest BCUT2D eigenvalue weighted by molar-refractivity contribution is -0.0744. The Balaban J connectivity index is 1.99. The van der Waals surface area contributed by atoms with Crippen molar-refractivity contribution in [1.29, 1.82) is 5.26 Å². The highest BCUT2D eigenvalue weighted by Gasteiger charge is 2.19. The van der Waals surface area contributed by atoms with E-state index in [1.54, 1.807) is 12.1 Å². The molecule has 17 heavy (non-hydrogen) atoms. The zero-order chi connectivity index (χ0) is 12.1. The van der Waals surface area contributed by atoms with Crippen molar-refractivity contribution in [1.82, 2.24) is 0 Å². The molecule has 90 valence electrons. The van der Waals surface area contributed by atoms with E-state index in [0.717, 1.165) is 18.5 Å². The molecule has 4 nitrogen and oxygen atoms in total. The number of benzene rings is 1. The second-order valence-corrected chi connectivity index (χ2v) is 3.98. The van der Waals surface area contributed by atoms with E-state index in [4.69, 9.17) is 14.7 Å². The molecule has 0 radical (unpaired) electrons. The monoisotopic (exact) mass is 232 g/mol. The van der Waals surface area contributed by atoms with Crippen molar-refractivity contribution < 1.29 is 9.47 Å². The predicted octanol–water partition coefficient (Wildman–Crippen LogP) is 2.51. The van der Waals surface area contributed by atoms with Crippen molar-refractivity contribution >= 4 is 5.69 Å². The van der Waals surface area contributed by atoms with Gasteiger partial charge in [0.2, 0.25) is 6.29 Å². The van der Waals surface area contributed by atoms with Crippen LogP contribution in [0, 0.1) is 11.3 Å². The summed E-state index contributed by atoms with van der Waals surface area (Å²) in [5.74, 6) is 0.691. The first kappa shape index (κ1) is 11.7. The third-order valence-electron chi connectivity index (χ3n) is 2.63. The van der Waals surface area contributed by atoms with Crippen molar-refractivity contribution in [3.05, 3.63) is 23.8 Å². The van der Waals surface area contributed by atoms with Crippen LogP contribution in [0.15, 0.2) is 18.2 Å². The van der Waals surface area contributed by atoms with Gasteiger partial charge in [0.15, 0.2) is 0 Å². The molecule has 4 heteroatoms. The summed E-state index contributed by atoms with van der Waals surface area (Å²) in [5, 5.41) is 12.1. The van der Waals surface area contributed by atoms with Crippen LogP contribution in [0.4, 0.5) is 5.69 Å². The van der Waals surface area contributed by atoms with E-state index in [2.05, 4.69) is 18.3 Å². The second-order valence-electron chi connectivity index (χ2n) is 3.98.